The number of nitrogens with one attached hydrogen (secondary N) is 1. The molecule has 0 aliphatic carbocycles. The van der Waals surface area contributed by atoms with E-state index in [1.807, 2.05) is 61.5 Å². The third-order valence-corrected chi connectivity index (χ3v) is 5.91. The van der Waals surface area contributed by atoms with Crippen molar-refractivity contribution in [1.82, 2.24) is 0 Å². The van der Waals surface area contributed by atoms with E-state index in [4.69, 9.17) is 0 Å². The molecule has 0 radical (unpaired) electrons. The van der Waals surface area contributed by atoms with Gasteiger partial charge in [0.05, 0.1) is 4.92 Å². The minimum atomic E-state index is -0.489. The third-order valence-electron chi connectivity index (χ3n) is 4.62. The second kappa shape index (κ2) is 9.39. The van der Waals surface area contributed by atoms with Crippen molar-refractivity contribution in [3.05, 3.63) is 105 Å². The first kappa shape index (κ1) is 20.6. The monoisotopic (exact) mass is 406 g/mol. The lowest BCUT2D eigenvalue weighted by Gasteiger charge is -2.18. The van der Waals surface area contributed by atoms with Gasteiger partial charge in [0.1, 0.15) is 10.9 Å². The van der Waals surface area contributed by atoms with E-state index in [2.05, 4.69) is 5.32 Å². The molecule has 0 saturated heterocycles. The molecule has 3 rings (SSSR count). The number of aryl methyl sites for hydroxylation is 2. The highest BCUT2D eigenvalue weighted by Crippen LogP contribution is 2.35. The van der Waals surface area contributed by atoms with Crippen molar-refractivity contribution in [1.29, 1.82) is 0 Å². The van der Waals surface area contributed by atoms with Crippen molar-refractivity contribution in [2.24, 2.45) is 0 Å². The zero-order valence-electron chi connectivity index (χ0n) is 16.3. The van der Waals surface area contributed by atoms with Crippen LogP contribution in [-0.2, 0) is 10.5 Å². The summed E-state index contributed by atoms with van der Waals surface area (Å²) < 4.78 is 0. The summed E-state index contributed by atoms with van der Waals surface area (Å²) in [7, 11) is 0. The molecule has 0 spiro atoms. The lowest BCUT2D eigenvalue weighted by Crippen LogP contribution is -2.20. The van der Waals surface area contributed by atoms with Crippen LogP contribution >= 0.6 is 11.8 Å². The summed E-state index contributed by atoms with van der Waals surface area (Å²) in [5.74, 6) is 0.386. The highest BCUT2D eigenvalue weighted by molar-refractivity contribution is 7.99. The first-order valence-corrected chi connectivity index (χ1v) is 10.3. The predicted molar refractivity (Wildman–Crippen MR) is 118 cm³/mol. The number of carbonyl (C=O) groups is 1. The van der Waals surface area contributed by atoms with Crippen LogP contribution in [-0.4, -0.2) is 10.8 Å². The number of carbonyl (C=O) groups excluding carboxylic acids is 1. The fraction of sp³-hybridized carbons (Fsp3) is 0.174. The first-order valence-electron chi connectivity index (χ1n) is 9.22. The number of nitro groups is 1. The normalized spacial score (nSPS) is 11.7. The molecule has 6 heteroatoms. The summed E-state index contributed by atoms with van der Waals surface area (Å²) >= 11 is 1.50. The lowest BCUT2D eigenvalue weighted by molar-refractivity contribution is -0.384. The Bertz CT molecular complexity index is 1020. The summed E-state index contributed by atoms with van der Waals surface area (Å²) in [6, 6.07) is 22.3. The molecule has 1 amide bonds. The Morgan fingerprint density at radius 2 is 1.72 bits per heavy atom. The van der Waals surface area contributed by atoms with Crippen LogP contribution in [0.3, 0.4) is 0 Å². The van der Waals surface area contributed by atoms with Crippen molar-refractivity contribution >= 4 is 29.0 Å². The van der Waals surface area contributed by atoms with Gasteiger partial charge in [0, 0.05) is 11.8 Å². The fourth-order valence-corrected chi connectivity index (χ4v) is 4.22. The molecule has 0 saturated carbocycles. The topological polar surface area (TPSA) is 72.2 Å². The number of amides is 1. The minimum Gasteiger partial charge on any atom is -0.319 e. The number of benzene rings is 3. The van der Waals surface area contributed by atoms with Crippen molar-refractivity contribution in [2.75, 3.05) is 5.32 Å². The molecule has 0 fully saturated rings. The quantitative estimate of drug-likeness (QED) is 0.396. The van der Waals surface area contributed by atoms with Crippen LogP contribution in [0.1, 0.15) is 27.5 Å². The van der Waals surface area contributed by atoms with Crippen LogP contribution in [0.4, 0.5) is 11.4 Å². The maximum Gasteiger partial charge on any atom is 0.293 e. The number of nitrogens with zero attached hydrogens (tertiary/aromatic N) is 1. The van der Waals surface area contributed by atoms with Gasteiger partial charge in [0.15, 0.2) is 0 Å². The van der Waals surface area contributed by atoms with Gasteiger partial charge in [-0.1, -0.05) is 60.7 Å². The predicted octanol–water partition coefficient (Wildman–Crippen LogP) is 5.82. The van der Waals surface area contributed by atoms with Crippen LogP contribution in [0.15, 0.2) is 72.8 Å². The van der Waals surface area contributed by atoms with Gasteiger partial charge in [-0.25, -0.2) is 0 Å². The highest BCUT2D eigenvalue weighted by atomic mass is 32.2. The Balaban J connectivity index is 1.86. The second-order valence-electron chi connectivity index (χ2n) is 6.80. The molecule has 0 aliphatic heterocycles. The second-order valence-corrected chi connectivity index (χ2v) is 7.89. The van der Waals surface area contributed by atoms with Crippen molar-refractivity contribution < 1.29 is 9.72 Å². The van der Waals surface area contributed by atoms with Gasteiger partial charge in [0.2, 0.25) is 5.91 Å². The van der Waals surface area contributed by atoms with Crippen LogP contribution in [0, 0.1) is 24.0 Å². The maximum absolute atomic E-state index is 13.1. The van der Waals surface area contributed by atoms with E-state index >= 15 is 0 Å². The molecule has 3 aromatic carbocycles. The SMILES string of the molecule is Cc1ccc(NC(=O)[C@H](SCc2ccccc2C)c2ccccc2)c([N+](=O)[O-])c1. The Kier molecular flexibility index (Phi) is 6.67. The van der Waals surface area contributed by atoms with Gasteiger partial charge >= 0.3 is 0 Å². The molecule has 148 valence electrons. The average molecular weight is 407 g/mol. The summed E-state index contributed by atoms with van der Waals surface area (Å²) in [5.41, 5.74) is 4.06. The summed E-state index contributed by atoms with van der Waals surface area (Å²) in [5, 5.41) is 13.7. The zero-order chi connectivity index (χ0) is 20.8. The molecule has 3 aromatic rings. The van der Waals surface area contributed by atoms with E-state index in [1.54, 1.807) is 19.1 Å². The van der Waals surface area contributed by atoms with Gasteiger partial charge in [-0.2, -0.15) is 0 Å². The van der Waals surface area contributed by atoms with Crippen LogP contribution in [0.25, 0.3) is 0 Å². The number of anilines is 1. The molecular weight excluding hydrogens is 384 g/mol. The fourth-order valence-electron chi connectivity index (χ4n) is 2.99. The standard InChI is InChI=1S/C23H22N2O3S/c1-16-12-13-20(21(14-16)25(27)28)24-23(26)22(18-9-4-3-5-10-18)29-15-19-11-7-6-8-17(19)2/h3-14,22H,15H2,1-2H3,(H,24,26)/t22-/m1/s1. The van der Waals surface area contributed by atoms with E-state index < -0.39 is 10.2 Å². The molecule has 5 nitrogen and oxygen atoms in total. The van der Waals surface area contributed by atoms with E-state index in [0.29, 0.717) is 5.75 Å². The van der Waals surface area contributed by atoms with E-state index in [1.165, 1.54) is 23.4 Å². The summed E-state index contributed by atoms with van der Waals surface area (Å²) in [6.45, 7) is 3.83. The van der Waals surface area contributed by atoms with Crippen molar-refractivity contribution in [2.45, 2.75) is 24.9 Å². The van der Waals surface area contributed by atoms with Crippen LogP contribution in [0.2, 0.25) is 0 Å². The van der Waals surface area contributed by atoms with Gasteiger partial charge in [0.25, 0.3) is 5.69 Å². The van der Waals surface area contributed by atoms with Crippen molar-refractivity contribution in [3.63, 3.8) is 0 Å². The zero-order valence-corrected chi connectivity index (χ0v) is 17.1. The number of hydrogen-bond acceptors (Lipinski definition) is 4. The van der Waals surface area contributed by atoms with Gasteiger partial charge in [-0.05, 0) is 42.2 Å². The molecule has 29 heavy (non-hydrogen) atoms. The number of thioether (sulfide) groups is 1. The summed E-state index contributed by atoms with van der Waals surface area (Å²) in [6.07, 6.45) is 0. The Labute approximate surface area is 174 Å². The molecule has 1 N–H and O–H groups in total. The third kappa shape index (κ3) is 5.23. The number of nitro benzene ring substituents is 1. The number of rotatable bonds is 7. The highest BCUT2D eigenvalue weighted by Gasteiger charge is 2.24. The molecule has 0 heterocycles. The Morgan fingerprint density at radius 3 is 2.41 bits per heavy atom. The molecule has 0 unspecified atom stereocenters. The van der Waals surface area contributed by atoms with Crippen LogP contribution < -0.4 is 5.32 Å². The van der Waals surface area contributed by atoms with Crippen molar-refractivity contribution in [3.8, 4) is 0 Å². The molecule has 1 atom stereocenters. The van der Waals surface area contributed by atoms with E-state index in [-0.39, 0.29) is 17.3 Å². The Hall–Kier alpha value is -3.12. The molecule has 0 bridgehead atoms. The maximum atomic E-state index is 13.1. The molecule has 0 aromatic heterocycles. The van der Waals surface area contributed by atoms with E-state index in [9.17, 15) is 14.9 Å². The largest absolute Gasteiger partial charge is 0.319 e. The van der Waals surface area contributed by atoms with E-state index in [0.717, 1.165) is 16.7 Å². The minimum absolute atomic E-state index is 0.103. The Morgan fingerprint density at radius 1 is 1.03 bits per heavy atom. The molecule has 0 aliphatic rings. The number of hydrogen-bond donors (Lipinski definition) is 1. The first-order chi connectivity index (χ1) is 14.0. The average Bonchev–Trinajstić information content (AvgIpc) is 2.71. The van der Waals surface area contributed by atoms with Crippen LogP contribution in [0.5, 0.6) is 0 Å². The smallest absolute Gasteiger partial charge is 0.293 e. The molecular formula is C23H22N2O3S. The van der Waals surface area contributed by atoms with Gasteiger partial charge < -0.3 is 5.32 Å². The lowest BCUT2D eigenvalue weighted by atomic mass is 10.1. The van der Waals surface area contributed by atoms with Gasteiger partial charge in [-0.3, -0.25) is 14.9 Å². The summed E-state index contributed by atoms with van der Waals surface area (Å²) in [4.78, 5) is 24.0. The van der Waals surface area contributed by atoms with Gasteiger partial charge in [-0.15, -0.1) is 11.8 Å².